The van der Waals surface area contributed by atoms with Crippen molar-refractivity contribution in [3.63, 3.8) is 0 Å². The second-order valence-corrected chi connectivity index (χ2v) is 3.82. The first-order valence-corrected chi connectivity index (χ1v) is 6.30. The predicted molar refractivity (Wildman–Crippen MR) is 76.3 cm³/mol. The molecule has 0 aliphatic heterocycles. The molecule has 0 aliphatic carbocycles. The number of aromatic carboxylic acids is 1. The van der Waals surface area contributed by atoms with Gasteiger partial charge in [0.1, 0.15) is 11.5 Å². The molecule has 0 aliphatic rings. The molecule has 0 heterocycles. The van der Waals surface area contributed by atoms with E-state index in [9.17, 15) is 4.79 Å². The number of benzene rings is 2. The Balaban J connectivity index is 0.000000861. The van der Waals surface area contributed by atoms with Crippen molar-refractivity contribution in [1.82, 2.24) is 0 Å². The molecular formula is C15H15ClO3. The van der Waals surface area contributed by atoms with E-state index in [1.54, 1.807) is 36.4 Å². The minimum atomic E-state index is -0.956. The second-order valence-electron chi connectivity index (χ2n) is 3.39. The zero-order valence-corrected chi connectivity index (χ0v) is 11.5. The molecule has 4 heteroatoms. The summed E-state index contributed by atoms with van der Waals surface area (Å²) in [5.41, 5.74) is 0.230. The maximum Gasteiger partial charge on any atom is 0.335 e. The van der Waals surface area contributed by atoms with Gasteiger partial charge in [0.05, 0.1) is 5.56 Å². The van der Waals surface area contributed by atoms with Crippen LogP contribution < -0.4 is 4.74 Å². The first-order valence-electron chi connectivity index (χ1n) is 5.92. The number of carboxylic acid groups (broad SMARTS) is 1. The lowest BCUT2D eigenvalue weighted by atomic mass is 10.2. The Labute approximate surface area is 117 Å². The van der Waals surface area contributed by atoms with Crippen molar-refractivity contribution in [3.8, 4) is 11.5 Å². The fraction of sp³-hybridized carbons (Fsp3) is 0.133. The Bertz CT molecular complexity index is 518. The van der Waals surface area contributed by atoms with Crippen molar-refractivity contribution in [2.24, 2.45) is 0 Å². The van der Waals surface area contributed by atoms with Crippen molar-refractivity contribution in [2.75, 3.05) is 0 Å². The number of rotatable bonds is 3. The van der Waals surface area contributed by atoms with Crippen LogP contribution in [0.5, 0.6) is 11.5 Å². The highest BCUT2D eigenvalue weighted by Gasteiger charge is 2.02. The van der Waals surface area contributed by atoms with Gasteiger partial charge >= 0.3 is 5.97 Å². The van der Waals surface area contributed by atoms with E-state index in [-0.39, 0.29) is 5.56 Å². The van der Waals surface area contributed by atoms with E-state index < -0.39 is 5.97 Å². The van der Waals surface area contributed by atoms with E-state index in [1.165, 1.54) is 12.1 Å². The van der Waals surface area contributed by atoms with Crippen LogP contribution in [0.2, 0.25) is 5.02 Å². The van der Waals surface area contributed by atoms with Crippen molar-refractivity contribution < 1.29 is 14.6 Å². The summed E-state index contributed by atoms with van der Waals surface area (Å²) in [6, 6.07) is 13.1. The molecule has 2 aromatic rings. The maximum atomic E-state index is 10.7. The monoisotopic (exact) mass is 278 g/mol. The van der Waals surface area contributed by atoms with E-state index in [2.05, 4.69) is 0 Å². The van der Waals surface area contributed by atoms with E-state index in [4.69, 9.17) is 21.4 Å². The minimum Gasteiger partial charge on any atom is -0.478 e. The Morgan fingerprint density at radius 2 is 1.37 bits per heavy atom. The third-order valence-electron chi connectivity index (χ3n) is 2.15. The van der Waals surface area contributed by atoms with Crippen LogP contribution >= 0.6 is 11.6 Å². The molecule has 0 atom stereocenters. The molecule has 1 N–H and O–H groups in total. The number of carbonyl (C=O) groups is 1. The van der Waals surface area contributed by atoms with Gasteiger partial charge in [-0.3, -0.25) is 0 Å². The van der Waals surface area contributed by atoms with Crippen LogP contribution in [0, 0.1) is 0 Å². The van der Waals surface area contributed by atoms with Gasteiger partial charge in [-0.05, 0) is 48.5 Å². The van der Waals surface area contributed by atoms with Gasteiger partial charge in [-0.1, -0.05) is 25.4 Å². The van der Waals surface area contributed by atoms with Crippen LogP contribution in [-0.2, 0) is 0 Å². The van der Waals surface area contributed by atoms with Gasteiger partial charge in [-0.2, -0.15) is 0 Å². The summed E-state index contributed by atoms with van der Waals surface area (Å²) in [6.07, 6.45) is 0. The normalized spacial score (nSPS) is 9.21. The molecule has 0 aromatic heterocycles. The average Bonchev–Trinajstić information content (AvgIpc) is 2.44. The van der Waals surface area contributed by atoms with Gasteiger partial charge in [0.15, 0.2) is 0 Å². The Hall–Kier alpha value is -2.00. The topological polar surface area (TPSA) is 46.5 Å². The van der Waals surface area contributed by atoms with Crippen LogP contribution in [0.15, 0.2) is 48.5 Å². The van der Waals surface area contributed by atoms with Gasteiger partial charge in [-0.25, -0.2) is 4.79 Å². The first kappa shape index (κ1) is 15.1. The molecule has 0 fully saturated rings. The lowest BCUT2D eigenvalue weighted by Crippen LogP contribution is -1.95. The van der Waals surface area contributed by atoms with Crippen LogP contribution in [0.3, 0.4) is 0 Å². The summed E-state index contributed by atoms with van der Waals surface area (Å²) >= 11 is 5.75. The fourth-order valence-corrected chi connectivity index (χ4v) is 1.43. The SMILES string of the molecule is CC.O=C(O)c1ccc(Oc2ccc(Cl)cc2)cc1. The van der Waals surface area contributed by atoms with Crippen molar-refractivity contribution in [2.45, 2.75) is 13.8 Å². The van der Waals surface area contributed by atoms with Crippen molar-refractivity contribution >= 4 is 17.6 Å². The quantitative estimate of drug-likeness (QED) is 0.872. The summed E-state index contributed by atoms with van der Waals surface area (Å²) in [5.74, 6) is 0.276. The molecule has 2 rings (SSSR count). The highest BCUT2D eigenvalue weighted by atomic mass is 35.5. The molecule has 0 saturated heterocycles. The molecule has 0 spiro atoms. The molecule has 0 bridgehead atoms. The second kappa shape index (κ2) is 7.44. The van der Waals surface area contributed by atoms with Gasteiger partial charge < -0.3 is 9.84 Å². The summed E-state index contributed by atoms with van der Waals surface area (Å²) in [7, 11) is 0. The third-order valence-corrected chi connectivity index (χ3v) is 2.40. The molecule has 0 saturated carbocycles. The third kappa shape index (κ3) is 4.64. The van der Waals surface area contributed by atoms with Crippen molar-refractivity contribution in [3.05, 3.63) is 59.1 Å². The molecule has 2 aromatic carbocycles. The van der Waals surface area contributed by atoms with E-state index in [0.29, 0.717) is 16.5 Å². The predicted octanol–water partition coefficient (Wildman–Crippen LogP) is 4.86. The van der Waals surface area contributed by atoms with Gasteiger partial charge in [0.25, 0.3) is 0 Å². The van der Waals surface area contributed by atoms with Crippen molar-refractivity contribution in [1.29, 1.82) is 0 Å². The molecule has 100 valence electrons. The van der Waals surface area contributed by atoms with Gasteiger partial charge in [-0.15, -0.1) is 0 Å². The van der Waals surface area contributed by atoms with E-state index >= 15 is 0 Å². The molecule has 0 amide bonds. The summed E-state index contributed by atoms with van der Waals surface area (Å²) in [5, 5.41) is 9.38. The number of hydrogen-bond donors (Lipinski definition) is 1. The van der Waals surface area contributed by atoms with Crippen LogP contribution in [-0.4, -0.2) is 11.1 Å². The zero-order valence-electron chi connectivity index (χ0n) is 10.8. The summed E-state index contributed by atoms with van der Waals surface area (Å²) in [4.78, 5) is 10.7. The largest absolute Gasteiger partial charge is 0.478 e. The minimum absolute atomic E-state index is 0.230. The molecular weight excluding hydrogens is 264 g/mol. The standard InChI is InChI=1S/C13H9ClO3.C2H6/c14-10-3-7-12(8-4-10)17-11-5-1-9(2-6-11)13(15)16;1-2/h1-8H,(H,15,16);1-2H3. The van der Waals surface area contributed by atoms with Crippen LogP contribution in [0.4, 0.5) is 0 Å². The lowest BCUT2D eigenvalue weighted by molar-refractivity contribution is 0.0697. The Morgan fingerprint density at radius 1 is 0.947 bits per heavy atom. The number of carboxylic acids is 1. The lowest BCUT2D eigenvalue weighted by Gasteiger charge is -2.05. The Morgan fingerprint density at radius 3 is 1.79 bits per heavy atom. The smallest absolute Gasteiger partial charge is 0.335 e. The number of ether oxygens (including phenoxy) is 1. The number of halogens is 1. The van der Waals surface area contributed by atoms with Gasteiger partial charge in [0.2, 0.25) is 0 Å². The molecule has 3 nitrogen and oxygen atoms in total. The van der Waals surface area contributed by atoms with E-state index in [1.807, 2.05) is 13.8 Å². The van der Waals surface area contributed by atoms with Gasteiger partial charge in [0, 0.05) is 5.02 Å². The molecule has 19 heavy (non-hydrogen) atoms. The average molecular weight is 279 g/mol. The molecule has 0 unspecified atom stereocenters. The van der Waals surface area contributed by atoms with E-state index in [0.717, 1.165) is 0 Å². The molecule has 0 radical (unpaired) electrons. The maximum absolute atomic E-state index is 10.7. The number of hydrogen-bond acceptors (Lipinski definition) is 2. The van der Waals surface area contributed by atoms with Crippen LogP contribution in [0.1, 0.15) is 24.2 Å². The van der Waals surface area contributed by atoms with Crippen LogP contribution in [0.25, 0.3) is 0 Å². The highest BCUT2D eigenvalue weighted by molar-refractivity contribution is 6.30. The fourth-order valence-electron chi connectivity index (χ4n) is 1.30. The zero-order chi connectivity index (χ0) is 14.3. The summed E-state index contributed by atoms with van der Waals surface area (Å²) in [6.45, 7) is 4.00. The summed E-state index contributed by atoms with van der Waals surface area (Å²) < 4.78 is 5.52. The highest BCUT2D eigenvalue weighted by Crippen LogP contribution is 2.23. The first-order chi connectivity index (χ1) is 9.15. The Kier molecular flexibility index (Phi) is 5.90.